The van der Waals surface area contributed by atoms with Crippen LogP contribution in [0.15, 0.2) is 46.9 Å². The molecule has 0 aliphatic rings. The summed E-state index contributed by atoms with van der Waals surface area (Å²) in [7, 11) is 1.63. The Morgan fingerprint density at radius 2 is 1.89 bits per heavy atom. The zero-order chi connectivity index (χ0) is 13.0. The molecule has 0 amide bonds. The van der Waals surface area contributed by atoms with Crippen molar-refractivity contribution >= 4 is 21.6 Å². The van der Waals surface area contributed by atoms with Crippen molar-refractivity contribution < 1.29 is 9.47 Å². The van der Waals surface area contributed by atoms with Gasteiger partial charge in [0.1, 0.15) is 18.1 Å². The summed E-state index contributed by atoms with van der Waals surface area (Å²) >= 11 is 3.36. The Morgan fingerprint density at radius 1 is 1.11 bits per heavy atom. The summed E-state index contributed by atoms with van der Waals surface area (Å²) in [6, 6.07) is 13.3. The van der Waals surface area contributed by atoms with Crippen molar-refractivity contribution in [1.29, 1.82) is 0 Å². The number of ether oxygens (including phenoxy) is 2. The zero-order valence-electron chi connectivity index (χ0n) is 10.0. The van der Waals surface area contributed by atoms with E-state index in [2.05, 4.69) is 15.9 Å². The molecule has 0 radical (unpaired) electrons. The zero-order valence-corrected chi connectivity index (χ0v) is 11.6. The average molecular weight is 308 g/mol. The van der Waals surface area contributed by atoms with Crippen molar-refractivity contribution in [2.75, 3.05) is 12.8 Å². The Balaban J connectivity index is 2.04. The van der Waals surface area contributed by atoms with E-state index in [1.54, 1.807) is 7.11 Å². The molecule has 2 aromatic carbocycles. The largest absolute Gasteiger partial charge is 0.497 e. The fourth-order valence-corrected chi connectivity index (χ4v) is 1.79. The minimum absolute atomic E-state index is 0.477. The second-order valence-corrected chi connectivity index (χ2v) is 4.68. The molecule has 0 bridgehead atoms. The predicted molar refractivity (Wildman–Crippen MR) is 75.9 cm³/mol. The molecule has 0 heterocycles. The molecule has 2 N–H and O–H groups in total. The normalized spacial score (nSPS) is 10.1. The van der Waals surface area contributed by atoms with Gasteiger partial charge in [0.25, 0.3) is 0 Å². The maximum absolute atomic E-state index is 5.81. The number of nitrogen functional groups attached to an aromatic ring is 1. The Morgan fingerprint density at radius 3 is 2.61 bits per heavy atom. The standard InChI is InChI=1S/C14H14BrNO2/c1-17-11-3-2-4-12(8-11)18-9-10-5-6-13(15)14(16)7-10/h2-8H,9,16H2,1H3. The van der Waals surface area contributed by atoms with E-state index in [1.165, 1.54) is 0 Å². The number of halogens is 1. The smallest absolute Gasteiger partial charge is 0.123 e. The SMILES string of the molecule is COc1cccc(OCc2ccc(Br)c(N)c2)c1. The van der Waals surface area contributed by atoms with E-state index >= 15 is 0 Å². The lowest BCUT2D eigenvalue weighted by atomic mass is 10.2. The number of rotatable bonds is 4. The van der Waals surface area contributed by atoms with E-state index < -0.39 is 0 Å². The minimum atomic E-state index is 0.477. The lowest BCUT2D eigenvalue weighted by Gasteiger charge is -2.08. The van der Waals surface area contributed by atoms with Crippen LogP contribution in [0.1, 0.15) is 5.56 Å². The summed E-state index contributed by atoms with van der Waals surface area (Å²) in [6.45, 7) is 0.477. The Bertz CT molecular complexity index is 543. The summed E-state index contributed by atoms with van der Waals surface area (Å²) in [6.07, 6.45) is 0. The van der Waals surface area contributed by atoms with Crippen LogP contribution in [0, 0.1) is 0 Å². The van der Waals surface area contributed by atoms with E-state index in [-0.39, 0.29) is 0 Å². The molecule has 0 spiro atoms. The van der Waals surface area contributed by atoms with Crippen LogP contribution in [-0.2, 0) is 6.61 Å². The van der Waals surface area contributed by atoms with Crippen LogP contribution in [0.25, 0.3) is 0 Å². The van der Waals surface area contributed by atoms with Gasteiger partial charge >= 0.3 is 0 Å². The van der Waals surface area contributed by atoms with Gasteiger partial charge in [0, 0.05) is 16.2 Å². The van der Waals surface area contributed by atoms with Crippen molar-refractivity contribution in [3.63, 3.8) is 0 Å². The fourth-order valence-electron chi connectivity index (χ4n) is 1.54. The van der Waals surface area contributed by atoms with Gasteiger partial charge in [-0.2, -0.15) is 0 Å². The second-order valence-electron chi connectivity index (χ2n) is 3.82. The van der Waals surface area contributed by atoms with Crippen LogP contribution in [-0.4, -0.2) is 7.11 Å². The van der Waals surface area contributed by atoms with Gasteiger partial charge in [-0.05, 0) is 45.8 Å². The molecule has 18 heavy (non-hydrogen) atoms. The Labute approximate surface area is 115 Å². The Hall–Kier alpha value is -1.68. The molecule has 3 nitrogen and oxygen atoms in total. The van der Waals surface area contributed by atoms with Crippen molar-refractivity contribution in [3.8, 4) is 11.5 Å². The number of methoxy groups -OCH3 is 1. The van der Waals surface area contributed by atoms with Gasteiger partial charge < -0.3 is 15.2 Å². The molecule has 0 atom stereocenters. The summed E-state index contributed by atoms with van der Waals surface area (Å²) in [5, 5.41) is 0. The highest BCUT2D eigenvalue weighted by Crippen LogP contribution is 2.23. The number of hydrogen-bond acceptors (Lipinski definition) is 3. The van der Waals surface area contributed by atoms with Crippen LogP contribution >= 0.6 is 15.9 Å². The molecule has 94 valence electrons. The van der Waals surface area contributed by atoms with Gasteiger partial charge in [-0.3, -0.25) is 0 Å². The van der Waals surface area contributed by atoms with Crippen LogP contribution < -0.4 is 15.2 Å². The molecule has 0 saturated heterocycles. The topological polar surface area (TPSA) is 44.5 Å². The van der Waals surface area contributed by atoms with E-state index in [9.17, 15) is 0 Å². The summed E-state index contributed by atoms with van der Waals surface area (Å²) in [5.41, 5.74) is 7.55. The first kappa shape index (κ1) is 12.8. The van der Waals surface area contributed by atoms with Crippen LogP contribution in [0.2, 0.25) is 0 Å². The minimum Gasteiger partial charge on any atom is -0.497 e. The summed E-state index contributed by atoms with van der Waals surface area (Å²) in [4.78, 5) is 0. The average Bonchev–Trinajstić information content (AvgIpc) is 2.40. The van der Waals surface area contributed by atoms with Gasteiger partial charge in [0.2, 0.25) is 0 Å². The third kappa shape index (κ3) is 3.17. The van der Waals surface area contributed by atoms with Crippen molar-refractivity contribution in [3.05, 3.63) is 52.5 Å². The first-order valence-corrected chi connectivity index (χ1v) is 6.29. The fraction of sp³-hybridized carbons (Fsp3) is 0.143. The summed E-state index contributed by atoms with van der Waals surface area (Å²) < 4.78 is 11.7. The van der Waals surface area contributed by atoms with Gasteiger partial charge in [-0.25, -0.2) is 0 Å². The molecule has 2 rings (SSSR count). The van der Waals surface area contributed by atoms with Crippen LogP contribution in [0.3, 0.4) is 0 Å². The van der Waals surface area contributed by atoms with Crippen molar-refractivity contribution in [2.24, 2.45) is 0 Å². The lowest BCUT2D eigenvalue weighted by Crippen LogP contribution is -1.97. The third-order valence-electron chi connectivity index (χ3n) is 2.51. The van der Waals surface area contributed by atoms with E-state index in [1.807, 2.05) is 42.5 Å². The first-order chi connectivity index (χ1) is 8.69. The van der Waals surface area contributed by atoms with Gasteiger partial charge in [-0.15, -0.1) is 0 Å². The molecular formula is C14H14BrNO2. The molecule has 0 aromatic heterocycles. The number of benzene rings is 2. The van der Waals surface area contributed by atoms with E-state index in [0.29, 0.717) is 12.3 Å². The molecular weight excluding hydrogens is 294 g/mol. The lowest BCUT2D eigenvalue weighted by molar-refractivity contribution is 0.303. The highest BCUT2D eigenvalue weighted by Gasteiger charge is 2.00. The molecule has 2 aromatic rings. The molecule has 4 heteroatoms. The second kappa shape index (κ2) is 5.78. The van der Waals surface area contributed by atoms with Gasteiger partial charge in [0.15, 0.2) is 0 Å². The molecule has 0 saturated carbocycles. The van der Waals surface area contributed by atoms with Crippen LogP contribution in [0.4, 0.5) is 5.69 Å². The molecule has 0 aliphatic carbocycles. The van der Waals surface area contributed by atoms with Crippen molar-refractivity contribution in [1.82, 2.24) is 0 Å². The third-order valence-corrected chi connectivity index (χ3v) is 3.23. The summed E-state index contributed by atoms with van der Waals surface area (Å²) in [5.74, 6) is 1.55. The maximum Gasteiger partial charge on any atom is 0.123 e. The number of anilines is 1. The van der Waals surface area contributed by atoms with Gasteiger partial charge in [-0.1, -0.05) is 12.1 Å². The first-order valence-electron chi connectivity index (χ1n) is 5.50. The highest BCUT2D eigenvalue weighted by molar-refractivity contribution is 9.10. The number of nitrogens with two attached hydrogens (primary N) is 1. The van der Waals surface area contributed by atoms with E-state index in [0.717, 1.165) is 21.5 Å². The van der Waals surface area contributed by atoms with Crippen LogP contribution in [0.5, 0.6) is 11.5 Å². The number of hydrogen-bond donors (Lipinski definition) is 1. The predicted octanol–water partition coefficient (Wildman–Crippen LogP) is 3.62. The molecule has 0 fully saturated rings. The Kier molecular flexibility index (Phi) is 4.10. The van der Waals surface area contributed by atoms with Crippen molar-refractivity contribution in [2.45, 2.75) is 6.61 Å². The molecule has 0 aliphatic heterocycles. The quantitative estimate of drug-likeness (QED) is 0.877. The van der Waals surface area contributed by atoms with E-state index in [4.69, 9.17) is 15.2 Å². The highest BCUT2D eigenvalue weighted by atomic mass is 79.9. The monoisotopic (exact) mass is 307 g/mol. The van der Waals surface area contributed by atoms with Gasteiger partial charge in [0.05, 0.1) is 7.11 Å². The maximum atomic E-state index is 5.81. The molecule has 0 unspecified atom stereocenters.